The van der Waals surface area contributed by atoms with E-state index in [1.165, 1.54) is 11.8 Å². The first-order valence-electron chi connectivity index (χ1n) is 17.0. The first-order valence-corrected chi connectivity index (χ1v) is 17.0. The molecule has 3 unspecified atom stereocenters. The van der Waals surface area contributed by atoms with E-state index in [0.717, 1.165) is 68.7 Å². The minimum Gasteiger partial charge on any atom is -0.491 e. The van der Waals surface area contributed by atoms with Crippen LogP contribution >= 0.6 is 37.2 Å². The fraction of sp³-hybridized carbons (Fsp3) is 0.568. The number of halogens is 5. The molecule has 1 saturated carbocycles. The molecule has 0 amide bonds. The van der Waals surface area contributed by atoms with E-state index in [9.17, 15) is 18.7 Å². The lowest BCUT2D eigenvalue weighted by atomic mass is 9.87. The van der Waals surface area contributed by atoms with Gasteiger partial charge in [-0.25, -0.2) is 8.78 Å². The van der Waals surface area contributed by atoms with Gasteiger partial charge in [0, 0.05) is 37.2 Å². The zero-order chi connectivity index (χ0) is 33.0. The summed E-state index contributed by atoms with van der Waals surface area (Å²) in [6.07, 6.45) is 4.34. The van der Waals surface area contributed by atoms with Gasteiger partial charge in [0.25, 0.3) is 0 Å². The van der Waals surface area contributed by atoms with E-state index < -0.39 is 12.0 Å². The minimum absolute atomic E-state index is 0. The summed E-state index contributed by atoms with van der Waals surface area (Å²) in [4.78, 5) is 16.7. The quantitative estimate of drug-likeness (QED) is 0.190. The topological polar surface area (TPSA) is 70.8 Å². The van der Waals surface area contributed by atoms with E-state index in [0.29, 0.717) is 24.9 Å². The lowest BCUT2D eigenvalue weighted by Crippen LogP contribution is -2.47. The molecule has 2 heterocycles. The summed E-state index contributed by atoms with van der Waals surface area (Å²) in [6.45, 7) is 11.9. The van der Waals surface area contributed by atoms with Crippen LogP contribution in [0.5, 0.6) is 5.75 Å². The summed E-state index contributed by atoms with van der Waals surface area (Å²) in [6, 6.07) is 13.9. The van der Waals surface area contributed by atoms with Gasteiger partial charge in [-0.15, -0.1) is 37.2 Å². The monoisotopic (exact) mass is 744 g/mol. The average molecular weight is 746 g/mol. The summed E-state index contributed by atoms with van der Waals surface area (Å²) < 4.78 is 36.2. The van der Waals surface area contributed by atoms with E-state index in [1.807, 2.05) is 40.0 Å². The Morgan fingerprint density at radius 1 is 1.04 bits per heavy atom. The van der Waals surface area contributed by atoms with Gasteiger partial charge in [-0.1, -0.05) is 32.0 Å². The highest BCUT2D eigenvalue weighted by Crippen LogP contribution is 2.43. The Bertz CT molecular complexity index is 1480. The Hall–Kier alpha value is -2.43. The van der Waals surface area contributed by atoms with E-state index in [4.69, 9.17) is 9.84 Å². The minimum atomic E-state index is -0.786. The molecule has 4 atom stereocenters. The smallest absolute Gasteiger partial charge is 0.321 e. The van der Waals surface area contributed by atoms with Crippen LogP contribution in [-0.4, -0.2) is 76.0 Å². The van der Waals surface area contributed by atoms with Crippen LogP contribution in [0.2, 0.25) is 0 Å². The Morgan fingerprint density at radius 3 is 2.35 bits per heavy atom. The molecular weight excluding hydrogens is 693 g/mol. The molecule has 5 rings (SSSR count). The van der Waals surface area contributed by atoms with E-state index in [1.54, 1.807) is 24.3 Å². The fourth-order valence-corrected chi connectivity index (χ4v) is 7.97. The molecule has 1 N–H and O–H groups in total. The van der Waals surface area contributed by atoms with Crippen LogP contribution in [-0.2, 0) is 17.8 Å². The Balaban J connectivity index is 0.00000278. The maximum absolute atomic E-state index is 14.5. The Kier molecular flexibility index (Phi) is 16.8. The van der Waals surface area contributed by atoms with Crippen LogP contribution in [0.3, 0.4) is 0 Å². The predicted octanol–water partition coefficient (Wildman–Crippen LogP) is 8.22. The number of ether oxygens (including phenoxy) is 1. The molecule has 3 aromatic rings. The van der Waals surface area contributed by atoms with Crippen molar-refractivity contribution < 1.29 is 23.4 Å². The number of aryl methyl sites for hydroxylation is 1. The van der Waals surface area contributed by atoms with Crippen molar-refractivity contribution in [1.29, 1.82) is 0 Å². The lowest BCUT2D eigenvalue weighted by molar-refractivity contribution is -0.145. The summed E-state index contributed by atoms with van der Waals surface area (Å²) in [7, 11) is 1.94. The van der Waals surface area contributed by atoms with Gasteiger partial charge in [0.05, 0.1) is 12.3 Å². The standard InChI is InChI=1S/C37H50F2N4O3.3ClH/c1-6-43-34(21-30(40-43)17-25-11-12-35(46-7-2)33(39)18-25)26-13-15-42(16-14-26)23-28-20-31(41(5)36(24(3)4)37(44)45)22-32(28)27-9-8-10-29(38)19-27;;;/h8-12,18-19,21,24,26,28,31-32,36H,6-7,13-17,20,22-23H2,1-5H3,(H,44,45);3*1H/t28?,31?,32?,36-;;;/m1.../s1. The zero-order valence-corrected chi connectivity index (χ0v) is 31.6. The highest BCUT2D eigenvalue weighted by atomic mass is 35.5. The van der Waals surface area contributed by atoms with Crippen molar-refractivity contribution >= 4 is 43.2 Å². The number of carboxylic acids is 1. The van der Waals surface area contributed by atoms with Crippen molar-refractivity contribution in [1.82, 2.24) is 19.6 Å². The number of hydrogen-bond acceptors (Lipinski definition) is 5. The molecule has 274 valence electrons. The zero-order valence-electron chi connectivity index (χ0n) is 29.2. The number of aliphatic carboxylic acids is 1. The van der Waals surface area contributed by atoms with Crippen LogP contribution in [0.1, 0.15) is 87.7 Å². The molecule has 1 aromatic heterocycles. The SMILES string of the molecule is CCOc1ccc(Cc2cc(C3CCN(CC4CC(N(C)[C@@H](C(=O)O)C(C)C)CC4c4cccc(F)c4)CC3)n(CC)n2)cc1F.Cl.Cl.Cl. The number of rotatable bonds is 13. The Labute approximate surface area is 309 Å². The van der Waals surface area contributed by atoms with Gasteiger partial charge in [-0.2, -0.15) is 5.10 Å². The summed E-state index contributed by atoms with van der Waals surface area (Å²) in [5.74, 6) is -0.187. The number of carboxylic acid groups (broad SMARTS) is 1. The van der Waals surface area contributed by atoms with Crippen LogP contribution < -0.4 is 4.74 Å². The number of carbonyl (C=O) groups is 1. The van der Waals surface area contributed by atoms with Gasteiger partial charge >= 0.3 is 5.97 Å². The average Bonchev–Trinajstić information content (AvgIpc) is 3.63. The second-order valence-corrected chi connectivity index (χ2v) is 13.6. The van der Waals surface area contributed by atoms with Gasteiger partial charge in [-0.05, 0) is 119 Å². The second-order valence-electron chi connectivity index (χ2n) is 13.6. The second kappa shape index (κ2) is 19.3. The third-order valence-electron chi connectivity index (χ3n) is 10.2. The molecule has 1 saturated heterocycles. The number of piperidine rings is 1. The molecule has 2 aromatic carbocycles. The number of nitrogens with zero attached hydrogens (tertiary/aromatic N) is 4. The van der Waals surface area contributed by atoms with Crippen LogP contribution in [0.15, 0.2) is 48.5 Å². The van der Waals surface area contributed by atoms with E-state index in [2.05, 4.69) is 27.5 Å². The summed E-state index contributed by atoms with van der Waals surface area (Å²) in [5.41, 5.74) is 4.08. The molecule has 12 heteroatoms. The van der Waals surface area contributed by atoms with Gasteiger partial charge in [0.15, 0.2) is 11.6 Å². The third kappa shape index (κ3) is 10.3. The number of aromatic nitrogens is 2. The molecule has 0 radical (unpaired) electrons. The number of likely N-dealkylation sites (N-methyl/N-ethyl adjacent to an activating group) is 1. The van der Waals surface area contributed by atoms with Gasteiger partial charge < -0.3 is 14.7 Å². The number of likely N-dealkylation sites (tertiary alicyclic amines) is 1. The molecule has 0 bridgehead atoms. The number of hydrogen-bond donors (Lipinski definition) is 1. The largest absolute Gasteiger partial charge is 0.491 e. The molecule has 1 aliphatic heterocycles. The van der Waals surface area contributed by atoms with Crippen LogP contribution in [0.4, 0.5) is 8.78 Å². The van der Waals surface area contributed by atoms with Gasteiger partial charge in [0.2, 0.25) is 0 Å². The first-order chi connectivity index (χ1) is 22.1. The van der Waals surface area contributed by atoms with E-state index in [-0.39, 0.29) is 72.5 Å². The molecular formula is C37H53Cl3F2N4O3. The molecule has 0 spiro atoms. The van der Waals surface area contributed by atoms with Gasteiger partial charge in [-0.3, -0.25) is 14.4 Å². The molecule has 7 nitrogen and oxygen atoms in total. The normalized spacial score (nSPS) is 20.4. The van der Waals surface area contributed by atoms with Crippen molar-refractivity contribution in [3.8, 4) is 5.75 Å². The van der Waals surface area contributed by atoms with Crippen molar-refractivity contribution in [2.24, 2.45) is 11.8 Å². The summed E-state index contributed by atoms with van der Waals surface area (Å²) in [5, 5.41) is 14.8. The Morgan fingerprint density at radius 2 is 1.76 bits per heavy atom. The molecule has 2 fully saturated rings. The maximum Gasteiger partial charge on any atom is 0.321 e. The molecule has 1 aliphatic carbocycles. The fourth-order valence-electron chi connectivity index (χ4n) is 7.97. The van der Waals surface area contributed by atoms with Crippen LogP contribution in [0, 0.1) is 23.5 Å². The van der Waals surface area contributed by atoms with Crippen LogP contribution in [0.25, 0.3) is 0 Å². The lowest BCUT2D eigenvalue weighted by Gasteiger charge is -2.35. The predicted molar refractivity (Wildman–Crippen MR) is 198 cm³/mol. The third-order valence-corrected chi connectivity index (χ3v) is 10.2. The van der Waals surface area contributed by atoms with Crippen molar-refractivity contribution in [3.05, 3.63) is 82.7 Å². The van der Waals surface area contributed by atoms with Crippen molar-refractivity contribution in [2.45, 2.75) is 90.3 Å². The van der Waals surface area contributed by atoms with E-state index >= 15 is 0 Å². The van der Waals surface area contributed by atoms with Crippen molar-refractivity contribution in [3.63, 3.8) is 0 Å². The highest BCUT2D eigenvalue weighted by Gasteiger charge is 2.42. The molecule has 49 heavy (non-hydrogen) atoms. The highest BCUT2D eigenvalue weighted by molar-refractivity contribution is 5.86. The summed E-state index contributed by atoms with van der Waals surface area (Å²) >= 11 is 0. The van der Waals surface area contributed by atoms with Crippen molar-refractivity contribution in [2.75, 3.05) is 33.3 Å². The first kappa shape index (κ1) is 42.7. The maximum atomic E-state index is 14.5. The number of benzene rings is 2. The molecule has 2 aliphatic rings. The van der Waals surface area contributed by atoms with Gasteiger partial charge in [0.1, 0.15) is 11.9 Å².